The molecule has 0 radical (unpaired) electrons. The molecule has 3 nitrogen and oxygen atoms in total. The minimum Gasteiger partial charge on any atom is -0.324 e. The van der Waals surface area contributed by atoms with Crippen LogP contribution in [0.5, 0.6) is 0 Å². The van der Waals surface area contributed by atoms with Gasteiger partial charge in [-0.05, 0) is 48.5 Å². The first kappa shape index (κ1) is 17.5. The first-order chi connectivity index (χ1) is 11.6. The molecule has 0 saturated heterocycles. The SMILES string of the molecule is CCN(CC)[C@H]1C(=O)Nc2ccc(Br)cc2[C@@H]1c1ccccc1Cl. The van der Waals surface area contributed by atoms with Crippen molar-refractivity contribution in [3.8, 4) is 0 Å². The third-order valence-electron chi connectivity index (χ3n) is 4.64. The van der Waals surface area contributed by atoms with E-state index >= 15 is 0 Å². The van der Waals surface area contributed by atoms with Crippen molar-refractivity contribution in [1.82, 2.24) is 4.90 Å². The highest BCUT2D eigenvalue weighted by atomic mass is 79.9. The number of hydrogen-bond acceptors (Lipinski definition) is 2. The molecule has 2 atom stereocenters. The van der Waals surface area contributed by atoms with E-state index in [1.807, 2.05) is 36.4 Å². The number of carbonyl (C=O) groups is 1. The van der Waals surface area contributed by atoms with Crippen LogP contribution in [0.2, 0.25) is 5.02 Å². The van der Waals surface area contributed by atoms with Crippen molar-refractivity contribution in [3.05, 3.63) is 63.1 Å². The zero-order valence-corrected chi connectivity index (χ0v) is 16.1. The van der Waals surface area contributed by atoms with E-state index < -0.39 is 0 Å². The van der Waals surface area contributed by atoms with Gasteiger partial charge in [0.2, 0.25) is 5.91 Å². The van der Waals surface area contributed by atoms with Crippen LogP contribution in [0.15, 0.2) is 46.9 Å². The molecule has 3 rings (SSSR count). The predicted octanol–water partition coefficient (Wildman–Crippen LogP) is 4.90. The summed E-state index contributed by atoms with van der Waals surface area (Å²) in [5.74, 6) is -0.0710. The fraction of sp³-hybridized carbons (Fsp3) is 0.316. The zero-order valence-electron chi connectivity index (χ0n) is 13.7. The number of halogens is 2. The number of carbonyl (C=O) groups excluding carboxylic acids is 1. The molecule has 0 aromatic heterocycles. The molecular formula is C19H20BrClN2O. The lowest BCUT2D eigenvalue weighted by Gasteiger charge is -2.39. The third kappa shape index (κ3) is 3.10. The van der Waals surface area contributed by atoms with Crippen molar-refractivity contribution in [2.24, 2.45) is 0 Å². The van der Waals surface area contributed by atoms with Crippen molar-refractivity contribution in [2.75, 3.05) is 18.4 Å². The van der Waals surface area contributed by atoms with E-state index in [1.165, 1.54) is 0 Å². The summed E-state index contributed by atoms with van der Waals surface area (Å²) in [4.78, 5) is 15.1. The molecule has 0 spiro atoms. The van der Waals surface area contributed by atoms with Crippen LogP contribution in [0.4, 0.5) is 5.69 Å². The molecule has 2 aromatic carbocycles. The van der Waals surface area contributed by atoms with Crippen LogP contribution in [0.1, 0.15) is 30.9 Å². The molecule has 5 heteroatoms. The van der Waals surface area contributed by atoms with E-state index in [0.29, 0.717) is 5.02 Å². The van der Waals surface area contributed by atoms with Crippen LogP contribution in [0.3, 0.4) is 0 Å². The number of benzene rings is 2. The average molecular weight is 408 g/mol. The van der Waals surface area contributed by atoms with Gasteiger partial charge < -0.3 is 5.32 Å². The molecule has 1 amide bonds. The Morgan fingerprint density at radius 1 is 1.12 bits per heavy atom. The number of anilines is 1. The first-order valence-corrected chi connectivity index (χ1v) is 9.32. The van der Waals surface area contributed by atoms with Gasteiger partial charge in [0.1, 0.15) is 6.04 Å². The topological polar surface area (TPSA) is 32.3 Å². The minimum atomic E-state index is -0.276. The Balaban J connectivity index is 2.22. The van der Waals surface area contributed by atoms with E-state index in [-0.39, 0.29) is 17.9 Å². The molecule has 0 aliphatic carbocycles. The standard InChI is InChI=1S/C19H20BrClN2O/c1-3-23(4-2)18-17(13-7-5-6-8-15(13)21)14-11-12(20)9-10-16(14)22-19(18)24/h5-11,17-18H,3-4H2,1-2H3,(H,22,24)/t17-,18+/m0/s1. The average Bonchev–Trinajstić information content (AvgIpc) is 2.57. The lowest BCUT2D eigenvalue weighted by molar-refractivity contribution is -0.122. The van der Waals surface area contributed by atoms with Crippen molar-refractivity contribution in [3.63, 3.8) is 0 Å². The number of nitrogens with zero attached hydrogens (tertiary/aromatic N) is 1. The minimum absolute atomic E-state index is 0.0263. The second kappa shape index (κ2) is 7.26. The van der Waals surface area contributed by atoms with E-state index in [2.05, 4.69) is 46.1 Å². The summed E-state index contributed by atoms with van der Waals surface area (Å²) in [5.41, 5.74) is 2.94. The van der Waals surface area contributed by atoms with Crippen LogP contribution in [0.25, 0.3) is 0 Å². The van der Waals surface area contributed by atoms with Crippen LogP contribution in [-0.4, -0.2) is 29.9 Å². The molecule has 0 unspecified atom stereocenters. The maximum Gasteiger partial charge on any atom is 0.242 e. The largest absolute Gasteiger partial charge is 0.324 e. The molecule has 1 heterocycles. The summed E-state index contributed by atoms with van der Waals surface area (Å²) in [7, 11) is 0. The van der Waals surface area contributed by atoms with Gasteiger partial charge in [0, 0.05) is 21.1 Å². The second-order valence-electron chi connectivity index (χ2n) is 5.89. The quantitative estimate of drug-likeness (QED) is 0.782. The predicted molar refractivity (Wildman–Crippen MR) is 103 cm³/mol. The molecule has 2 aromatic rings. The van der Waals surface area contributed by atoms with Gasteiger partial charge >= 0.3 is 0 Å². The number of fused-ring (bicyclic) bond motifs is 1. The molecule has 0 bridgehead atoms. The van der Waals surface area contributed by atoms with Crippen molar-refractivity contribution >= 4 is 39.1 Å². The van der Waals surface area contributed by atoms with Gasteiger partial charge in [0.15, 0.2) is 0 Å². The van der Waals surface area contributed by atoms with Crippen LogP contribution < -0.4 is 5.32 Å². The van der Waals surface area contributed by atoms with Crippen LogP contribution in [0, 0.1) is 0 Å². The lowest BCUT2D eigenvalue weighted by atomic mass is 9.80. The molecule has 0 saturated carbocycles. The van der Waals surface area contributed by atoms with E-state index in [9.17, 15) is 4.79 Å². The van der Waals surface area contributed by atoms with Crippen LogP contribution in [-0.2, 0) is 4.79 Å². The molecule has 0 fully saturated rings. The summed E-state index contributed by atoms with van der Waals surface area (Å²) in [6, 6.07) is 13.5. The fourth-order valence-corrected chi connectivity index (χ4v) is 4.12. The highest BCUT2D eigenvalue weighted by Crippen LogP contribution is 2.42. The van der Waals surface area contributed by atoms with E-state index in [1.54, 1.807) is 0 Å². The lowest BCUT2D eigenvalue weighted by Crippen LogP contribution is -2.50. The molecular weight excluding hydrogens is 388 g/mol. The molecule has 1 aliphatic heterocycles. The van der Waals surface area contributed by atoms with E-state index in [0.717, 1.165) is 34.4 Å². The molecule has 1 N–H and O–H groups in total. The Labute approximate surface area is 156 Å². The summed E-state index contributed by atoms with van der Waals surface area (Å²) >= 11 is 10.1. The molecule has 126 valence electrons. The highest BCUT2D eigenvalue weighted by molar-refractivity contribution is 9.10. The first-order valence-electron chi connectivity index (χ1n) is 8.15. The van der Waals surface area contributed by atoms with Crippen molar-refractivity contribution in [1.29, 1.82) is 0 Å². The number of hydrogen-bond donors (Lipinski definition) is 1. The number of nitrogens with one attached hydrogen (secondary N) is 1. The fourth-order valence-electron chi connectivity index (χ4n) is 3.49. The molecule has 24 heavy (non-hydrogen) atoms. The monoisotopic (exact) mass is 406 g/mol. The Kier molecular flexibility index (Phi) is 5.28. The summed E-state index contributed by atoms with van der Waals surface area (Å²) in [6.45, 7) is 5.77. The van der Waals surface area contributed by atoms with Gasteiger partial charge in [-0.25, -0.2) is 0 Å². The Bertz CT molecular complexity index is 761. The van der Waals surface area contributed by atoms with Gasteiger partial charge in [-0.2, -0.15) is 0 Å². The van der Waals surface area contributed by atoms with Crippen molar-refractivity contribution in [2.45, 2.75) is 25.8 Å². The normalized spacial score (nSPS) is 20.0. The zero-order chi connectivity index (χ0) is 17.3. The third-order valence-corrected chi connectivity index (χ3v) is 5.47. The van der Waals surface area contributed by atoms with Gasteiger partial charge in [-0.15, -0.1) is 0 Å². The maximum atomic E-state index is 12.9. The van der Waals surface area contributed by atoms with Gasteiger partial charge in [0.25, 0.3) is 0 Å². The smallest absolute Gasteiger partial charge is 0.242 e. The van der Waals surface area contributed by atoms with Crippen molar-refractivity contribution < 1.29 is 4.79 Å². The van der Waals surface area contributed by atoms with E-state index in [4.69, 9.17) is 11.6 Å². The number of rotatable bonds is 4. The summed E-state index contributed by atoms with van der Waals surface area (Å²) in [6.07, 6.45) is 0. The van der Waals surface area contributed by atoms with Crippen LogP contribution >= 0.6 is 27.5 Å². The maximum absolute atomic E-state index is 12.9. The second-order valence-corrected chi connectivity index (χ2v) is 7.21. The Morgan fingerprint density at radius 3 is 2.50 bits per heavy atom. The van der Waals surface area contributed by atoms with Gasteiger partial charge in [-0.1, -0.05) is 59.6 Å². The van der Waals surface area contributed by atoms with Gasteiger partial charge in [-0.3, -0.25) is 9.69 Å². The summed E-state index contributed by atoms with van der Waals surface area (Å²) < 4.78 is 0.993. The Morgan fingerprint density at radius 2 is 1.83 bits per heavy atom. The highest BCUT2D eigenvalue weighted by Gasteiger charge is 2.40. The molecule has 1 aliphatic rings. The Hall–Kier alpha value is -1.36. The number of likely N-dealkylation sites (N-methyl/N-ethyl adjacent to an activating group) is 1. The number of amides is 1. The summed E-state index contributed by atoms with van der Waals surface area (Å²) in [5, 5.41) is 3.76. The van der Waals surface area contributed by atoms with Gasteiger partial charge in [0.05, 0.1) is 0 Å².